The Morgan fingerprint density at radius 2 is 1.72 bits per heavy atom. The van der Waals surface area contributed by atoms with Crippen LogP contribution in [0.4, 0.5) is 9.52 Å². The number of carbonyl (C=O) groups is 2. The fourth-order valence-corrected chi connectivity index (χ4v) is 4.21. The number of amides is 2. The summed E-state index contributed by atoms with van der Waals surface area (Å²) in [5.74, 6) is -0.435. The molecule has 10 heteroatoms. The van der Waals surface area contributed by atoms with Gasteiger partial charge in [-0.05, 0) is 42.0 Å². The van der Waals surface area contributed by atoms with E-state index in [-0.39, 0.29) is 22.9 Å². The van der Waals surface area contributed by atoms with Crippen molar-refractivity contribution >= 4 is 28.3 Å². The van der Waals surface area contributed by atoms with Crippen LogP contribution in [0.25, 0.3) is 10.6 Å². The predicted molar refractivity (Wildman–Crippen MR) is 135 cm³/mol. The Bertz CT molecular complexity index is 1350. The summed E-state index contributed by atoms with van der Waals surface area (Å²) in [6, 6.07) is 19.1. The number of aromatic nitrogens is 2. The standard InChI is InChI=1S/C26H23FN4O4S/c1-34-19-12-13-20(22(15-19)35-2)23(32)28-21(14-16-6-4-3-5-7-16)24(33)29-26-31-30-25(36-26)17-8-10-18(27)11-9-17/h3-13,15,21H,14H2,1-2H3,(H,28,32)(H,29,31,33). The molecular formula is C26H23FN4O4S. The Morgan fingerprint density at radius 3 is 2.42 bits per heavy atom. The van der Waals surface area contributed by atoms with Crippen molar-refractivity contribution in [2.24, 2.45) is 0 Å². The molecule has 0 radical (unpaired) electrons. The first kappa shape index (κ1) is 24.8. The second-order valence-electron chi connectivity index (χ2n) is 7.69. The summed E-state index contributed by atoms with van der Waals surface area (Å²) in [7, 11) is 2.97. The third kappa shape index (κ3) is 6.02. The summed E-state index contributed by atoms with van der Waals surface area (Å²) in [6.45, 7) is 0. The number of methoxy groups -OCH3 is 2. The first-order chi connectivity index (χ1) is 17.5. The fourth-order valence-electron chi connectivity index (χ4n) is 3.46. The highest BCUT2D eigenvalue weighted by molar-refractivity contribution is 7.18. The molecule has 4 rings (SSSR count). The fraction of sp³-hybridized carbons (Fsp3) is 0.154. The van der Waals surface area contributed by atoms with Crippen molar-refractivity contribution in [3.05, 3.63) is 89.7 Å². The predicted octanol–water partition coefficient (Wildman–Crippen LogP) is 4.34. The van der Waals surface area contributed by atoms with Crippen molar-refractivity contribution in [2.75, 3.05) is 19.5 Å². The quantitative estimate of drug-likeness (QED) is 0.350. The van der Waals surface area contributed by atoms with E-state index in [4.69, 9.17) is 9.47 Å². The number of rotatable bonds is 9. The van der Waals surface area contributed by atoms with E-state index in [0.717, 1.165) is 16.9 Å². The number of ether oxygens (including phenoxy) is 2. The van der Waals surface area contributed by atoms with E-state index in [9.17, 15) is 14.0 Å². The number of hydrogen-bond acceptors (Lipinski definition) is 7. The Hall–Kier alpha value is -4.31. The number of nitrogens with zero attached hydrogens (tertiary/aromatic N) is 2. The van der Waals surface area contributed by atoms with Gasteiger partial charge in [0.2, 0.25) is 11.0 Å². The molecule has 1 heterocycles. The van der Waals surface area contributed by atoms with Gasteiger partial charge in [-0.2, -0.15) is 0 Å². The van der Waals surface area contributed by atoms with Crippen LogP contribution >= 0.6 is 11.3 Å². The monoisotopic (exact) mass is 506 g/mol. The van der Waals surface area contributed by atoms with E-state index in [1.165, 1.54) is 26.4 Å². The molecule has 1 unspecified atom stereocenters. The molecule has 2 N–H and O–H groups in total. The highest BCUT2D eigenvalue weighted by Gasteiger charge is 2.25. The summed E-state index contributed by atoms with van der Waals surface area (Å²) < 4.78 is 23.7. The average molecular weight is 507 g/mol. The van der Waals surface area contributed by atoms with Crippen LogP contribution in [0.1, 0.15) is 15.9 Å². The van der Waals surface area contributed by atoms with Gasteiger partial charge in [-0.25, -0.2) is 4.39 Å². The van der Waals surface area contributed by atoms with Crippen molar-refractivity contribution in [3.8, 4) is 22.1 Å². The molecule has 0 aliphatic heterocycles. The lowest BCUT2D eigenvalue weighted by atomic mass is 10.0. The van der Waals surface area contributed by atoms with Gasteiger partial charge in [0, 0.05) is 18.1 Å². The molecule has 4 aromatic rings. The van der Waals surface area contributed by atoms with Gasteiger partial charge in [0.25, 0.3) is 5.91 Å². The van der Waals surface area contributed by atoms with Crippen molar-refractivity contribution in [1.29, 1.82) is 0 Å². The first-order valence-electron chi connectivity index (χ1n) is 10.9. The maximum atomic E-state index is 13.2. The largest absolute Gasteiger partial charge is 0.497 e. The van der Waals surface area contributed by atoms with Gasteiger partial charge in [0.05, 0.1) is 19.8 Å². The lowest BCUT2D eigenvalue weighted by Crippen LogP contribution is -2.45. The number of benzene rings is 3. The minimum atomic E-state index is -0.912. The second kappa shape index (κ2) is 11.4. The van der Waals surface area contributed by atoms with Crippen LogP contribution < -0.4 is 20.1 Å². The smallest absolute Gasteiger partial charge is 0.255 e. The summed E-state index contributed by atoms with van der Waals surface area (Å²) >= 11 is 1.15. The lowest BCUT2D eigenvalue weighted by molar-refractivity contribution is -0.118. The molecule has 184 valence electrons. The van der Waals surface area contributed by atoms with Crippen LogP contribution in [0.2, 0.25) is 0 Å². The highest BCUT2D eigenvalue weighted by Crippen LogP contribution is 2.27. The number of halogens is 1. The second-order valence-corrected chi connectivity index (χ2v) is 8.67. The molecule has 2 amide bonds. The molecule has 0 aliphatic carbocycles. The number of nitrogens with one attached hydrogen (secondary N) is 2. The Kier molecular flexibility index (Phi) is 7.86. The minimum Gasteiger partial charge on any atom is -0.497 e. The van der Waals surface area contributed by atoms with Crippen LogP contribution in [0.5, 0.6) is 11.5 Å². The first-order valence-corrected chi connectivity index (χ1v) is 11.8. The van der Waals surface area contributed by atoms with E-state index in [1.54, 1.807) is 30.3 Å². The topological polar surface area (TPSA) is 102 Å². The summed E-state index contributed by atoms with van der Waals surface area (Å²) in [4.78, 5) is 26.4. The number of hydrogen-bond donors (Lipinski definition) is 2. The van der Waals surface area contributed by atoms with Gasteiger partial charge < -0.3 is 14.8 Å². The van der Waals surface area contributed by atoms with Gasteiger partial charge in [-0.15, -0.1) is 10.2 Å². The third-order valence-electron chi connectivity index (χ3n) is 5.30. The normalized spacial score (nSPS) is 11.4. The van der Waals surface area contributed by atoms with Crippen LogP contribution in [0.15, 0.2) is 72.8 Å². The molecule has 3 aromatic carbocycles. The third-order valence-corrected chi connectivity index (χ3v) is 6.19. The van der Waals surface area contributed by atoms with Crippen molar-refractivity contribution in [2.45, 2.75) is 12.5 Å². The molecule has 0 aliphatic rings. The zero-order chi connectivity index (χ0) is 25.5. The molecule has 0 spiro atoms. The Labute approximate surface area is 211 Å². The maximum Gasteiger partial charge on any atom is 0.255 e. The van der Waals surface area contributed by atoms with E-state index in [1.807, 2.05) is 30.3 Å². The van der Waals surface area contributed by atoms with Gasteiger partial charge in [0.15, 0.2) is 0 Å². The molecule has 0 fully saturated rings. The molecule has 0 saturated carbocycles. The molecule has 0 bridgehead atoms. The summed E-state index contributed by atoms with van der Waals surface area (Å²) in [5.41, 5.74) is 1.80. The van der Waals surface area contributed by atoms with E-state index >= 15 is 0 Å². The van der Waals surface area contributed by atoms with E-state index < -0.39 is 17.9 Å². The Balaban J connectivity index is 1.54. The zero-order valence-electron chi connectivity index (χ0n) is 19.5. The molecule has 8 nitrogen and oxygen atoms in total. The number of anilines is 1. The van der Waals surface area contributed by atoms with Gasteiger partial charge in [-0.3, -0.25) is 14.9 Å². The lowest BCUT2D eigenvalue weighted by Gasteiger charge is -2.19. The van der Waals surface area contributed by atoms with Crippen molar-refractivity contribution in [1.82, 2.24) is 15.5 Å². The molecule has 0 saturated heterocycles. The molecule has 36 heavy (non-hydrogen) atoms. The SMILES string of the molecule is COc1ccc(C(=O)NC(Cc2ccccc2)C(=O)Nc2nnc(-c3ccc(F)cc3)s2)c(OC)c1. The van der Waals surface area contributed by atoms with Crippen molar-refractivity contribution < 1.29 is 23.5 Å². The molecular weight excluding hydrogens is 483 g/mol. The van der Waals surface area contributed by atoms with Crippen LogP contribution in [-0.2, 0) is 11.2 Å². The van der Waals surface area contributed by atoms with Crippen molar-refractivity contribution in [3.63, 3.8) is 0 Å². The van der Waals surface area contributed by atoms with E-state index in [0.29, 0.717) is 22.1 Å². The van der Waals surface area contributed by atoms with Gasteiger partial charge >= 0.3 is 0 Å². The molecule has 1 atom stereocenters. The van der Waals surface area contributed by atoms with E-state index in [2.05, 4.69) is 20.8 Å². The Morgan fingerprint density at radius 1 is 0.972 bits per heavy atom. The van der Waals surface area contributed by atoms with Gasteiger partial charge in [-0.1, -0.05) is 41.7 Å². The number of carbonyl (C=O) groups excluding carboxylic acids is 2. The average Bonchev–Trinajstić information content (AvgIpc) is 3.37. The molecule has 1 aromatic heterocycles. The van der Waals surface area contributed by atoms with Crippen LogP contribution in [0, 0.1) is 5.82 Å². The van der Waals surface area contributed by atoms with Crippen LogP contribution in [-0.4, -0.2) is 42.3 Å². The summed E-state index contributed by atoms with van der Waals surface area (Å²) in [5, 5.41) is 14.4. The minimum absolute atomic E-state index is 0.251. The summed E-state index contributed by atoms with van der Waals surface area (Å²) in [6.07, 6.45) is 0.251. The maximum absolute atomic E-state index is 13.2. The highest BCUT2D eigenvalue weighted by atomic mass is 32.1. The van der Waals surface area contributed by atoms with Gasteiger partial charge in [0.1, 0.15) is 28.4 Å². The zero-order valence-corrected chi connectivity index (χ0v) is 20.3. The van der Waals surface area contributed by atoms with Crippen LogP contribution in [0.3, 0.4) is 0 Å².